The van der Waals surface area contributed by atoms with E-state index in [1.807, 2.05) is 42.5 Å². The van der Waals surface area contributed by atoms with E-state index in [1.54, 1.807) is 11.8 Å². The fourth-order valence-corrected chi connectivity index (χ4v) is 2.72. The lowest BCUT2D eigenvalue weighted by Crippen LogP contribution is -2.15. The first-order valence-corrected chi connectivity index (χ1v) is 6.56. The summed E-state index contributed by atoms with van der Waals surface area (Å²) in [7, 11) is 0. The maximum Gasteiger partial charge on any atom is 0.162 e. The van der Waals surface area contributed by atoms with Crippen LogP contribution in [-0.4, -0.2) is 13.2 Å². The zero-order valence-electron chi connectivity index (χ0n) is 9.76. The number of ether oxygens (including phenoxy) is 2. The van der Waals surface area contributed by atoms with Gasteiger partial charge in [-0.25, -0.2) is 0 Å². The molecule has 0 aromatic heterocycles. The van der Waals surface area contributed by atoms with Crippen LogP contribution in [0.25, 0.3) is 0 Å². The van der Waals surface area contributed by atoms with Gasteiger partial charge in [0.15, 0.2) is 11.5 Å². The molecule has 0 fully saturated rings. The minimum atomic E-state index is 0.611. The first kappa shape index (κ1) is 11.3. The van der Waals surface area contributed by atoms with Crippen molar-refractivity contribution < 1.29 is 9.47 Å². The number of hydrogen-bond donors (Lipinski definition) is 1. The molecular weight excluding hydrogens is 246 g/mol. The molecule has 92 valence electrons. The van der Waals surface area contributed by atoms with Gasteiger partial charge in [-0.2, -0.15) is 0 Å². The van der Waals surface area contributed by atoms with Crippen LogP contribution in [0.5, 0.6) is 11.5 Å². The Labute approximate surface area is 110 Å². The van der Waals surface area contributed by atoms with Crippen LogP contribution in [-0.2, 0) is 0 Å². The summed E-state index contributed by atoms with van der Waals surface area (Å²) in [5.74, 6) is 1.63. The number of fused-ring (bicyclic) bond motifs is 1. The molecule has 0 aliphatic carbocycles. The Hall–Kier alpha value is -1.81. The van der Waals surface area contributed by atoms with E-state index in [2.05, 4.69) is 0 Å². The molecule has 1 aliphatic rings. The van der Waals surface area contributed by atoms with Crippen molar-refractivity contribution in [3.05, 3.63) is 42.5 Å². The van der Waals surface area contributed by atoms with Gasteiger partial charge in [-0.1, -0.05) is 17.8 Å². The van der Waals surface area contributed by atoms with Crippen LogP contribution in [0.4, 0.5) is 5.69 Å². The summed E-state index contributed by atoms with van der Waals surface area (Å²) in [5.41, 5.74) is 6.54. The van der Waals surface area contributed by atoms with Crippen LogP contribution in [0.3, 0.4) is 0 Å². The number of nitrogen functional groups attached to an aromatic ring is 1. The van der Waals surface area contributed by atoms with Crippen molar-refractivity contribution in [3.63, 3.8) is 0 Å². The molecule has 0 saturated carbocycles. The van der Waals surface area contributed by atoms with Crippen LogP contribution in [0.1, 0.15) is 0 Å². The first-order valence-electron chi connectivity index (χ1n) is 5.74. The molecule has 2 N–H and O–H groups in total. The van der Waals surface area contributed by atoms with Gasteiger partial charge in [-0.15, -0.1) is 0 Å². The Kier molecular flexibility index (Phi) is 3.02. The van der Waals surface area contributed by atoms with Crippen molar-refractivity contribution in [2.45, 2.75) is 9.79 Å². The lowest BCUT2D eigenvalue weighted by Gasteiger charge is -2.18. The van der Waals surface area contributed by atoms with Gasteiger partial charge in [0.25, 0.3) is 0 Å². The molecule has 3 rings (SSSR count). The molecule has 0 saturated heterocycles. The first-order chi connectivity index (χ1) is 8.81. The highest BCUT2D eigenvalue weighted by Crippen LogP contribution is 2.37. The largest absolute Gasteiger partial charge is 0.486 e. The van der Waals surface area contributed by atoms with E-state index < -0.39 is 0 Å². The lowest BCUT2D eigenvalue weighted by atomic mass is 10.3. The number of hydrogen-bond acceptors (Lipinski definition) is 4. The number of nitrogens with two attached hydrogens (primary N) is 1. The van der Waals surface area contributed by atoms with Crippen molar-refractivity contribution in [1.29, 1.82) is 0 Å². The SMILES string of the molecule is Nc1cccc(Sc2ccc3c(c2)OCCO3)c1. The number of anilines is 1. The highest BCUT2D eigenvalue weighted by atomic mass is 32.2. The molecule has 18 heavy (non-hydrogen) atoms. The van der Waals surface area contributed by atoms with Crippen molar-refractivity contribution >= 4 is 17.4 Å². The quantitative estimate of drug-likeness (QED) is 0.841. The van der Waals surface area contributed by atoms with Gasteiger partial charge < -0.3 is 15.2 Å². The standard InChI is InChI=1S/C14H13NO2S/c15-10-2-1-3-11(8-10)18-12-4-5-13-14(9-12)17-7-6-16-13/h1-5,8-9H,6-7,15H2. The number of rotatable bonds is 2. The average Bonchev–Trinajstić information content (AvgIpc) is 2.39. The third-order valence-electron chi connectivity index (χ3n) is 2.61. The van der Waals surface area contributed by atoms with Gasteiger partial charge in [0.05, 0.1) is 0 Å². The summed E-state index contributed by atoms with van der Waals surface area (Å²) in [6.07, 6.45) is 0. The van der Waals surface area contributed by atoms with E-state index in [-0.39, 0.29) is 0 Å². The predicted octanol–water partition coefficient (Wildman–Crippen LogP) is 3.19. The van der Waals surface area contributed by atoms with Crippen molar-refractivity contribution in [2.24, 2.45) is 0 Å². The third-order valence-corrected chi connectivity index (χ3v) is 3.59. The summed E-state index contributed by atoms with van der Waals surface area (Å²) in [5, 5.41) is 0. The zero-order chi connectivity index (χ0) is 12.4. The van der Waals surface area contributed by atoms with Gasteiger partial charge in [-0.05, 0) is 36.4 Å². The van der Waals surface area contributed by atoms with Gasteiger partial charge in [-0.3, -0.25) is 0 Å². The summed E-state index contributed by atoms with van der Waals surface area (Å²) >= 11 is 1.66. The fourth-order valence-electron chi connectivity index (χ4n) is 1.80. The van der Waals surface area contributed by atoms with Crippen LogP contribution < -0.4 is 15.2 Å². The fraction of sp³-hybridized carbons (Fsp3) is 0.143. The lowest BCUT2D eigenvalue weighted by molar-refractivity contribution is 0.171. The molecule has 0 spiro atoms. The molecule has 0 bridgehead atoms. The van der Waals surface area contributed by atoms with Gasteiger partial charge in [0.2, 0.25) is 0 Å². The molecule has 2 aromatic carbocycles. The Balaban J connectivity index is 1.85. The summed E-state index contributed by atoms with van der Waals surface area (Å²) in [4.78, 5) is 2.23. The van der Waals surface area contributed by atoms with Crippen molar-refractivity contribution in [3.8, 4) is 11.5 Å². The average molecular weight is 259 g/mol. The Morgan fingerprint density at radius 3 is 2.50 bits per heavy atom. The van der Waals surface area contributed by atoms with E-state index in [9.17, 15) is 0 Å². The molecule has 1 aliphatic heterocycles. The topological polar surface area (TPSA) is 44.5 Å². The molecule has 1 heterocycles. The molecule has 0 unspecified atom stereocenters. The monoisotopic (exact) mass is 259 g/mol. The molecule has 4 heteroatoms. The second kappa shape index (κ2) is 4.82. The molecule has 2 aromatic rings. The van der Waals surface area contributed by atoms with Gasteiger partial charge in [0.1, 0.15) is 13.2 Å². The molecule has 0 amide bonds. The zero-order valence-corrected chi connectivity index (χ0v) is 10.6. The van der Waals surface area contributed by atoms with Gasteiger partial charge >= 0.3 is 0 Å². The highest BCUT2D eigenvalue weighted by Gasteiger charge is 2.12. The maximum absolute atomic E-state index is 5.77. The van der Waals surface area contributed by atoms with Crippen molar-refractivity contribution in [2.75, 3.05) is 18.9 Å². The van der Waals surface area contributed by atoms with Crippen LogP contribution >= 0.6 is 11.8 Å². The highest BCUT2D eigenvalue weighted by molar-refractivity contribution is 7.99. The summed E-state index contributed by atoms with van der Waals surface area (Å²) in [6.45, 7) is 1.23. The Morgan fingerprint density at radius 2 is 1.67 bits per heavy atom. The molecule has 0 atom stereocenters. The maximum atomic E-state index is 5.77. The number of benzene rings is 2. The summed E-state index contributed by atoms with van der Waals surface area (Å²) in [6, 6.07) is 13.8. The van der Waals surface area contributed by atoms with Gasteiger partial charge in [0, 0.05) is 15.5 Å². The molecule has 0 radical (unpaired) electrons. The second-order valence-corrected chi connectivity index (χ2v) is 5.13. The summed E-state index contributed by atoms with van der Waals surface area (Å²) < 4.78 is 11.1. The van der Waals surface area contributed by atoms with E-state index >= 15 is 0 Å². The van der Waals surface area contributed by atoms with E-state index in [0.29, 0.717) is 13.2 Å². The Bertz CT molecular complexity index is 571. The van der Waals surface area contributed by atoms with Crippen LogP contribution in [0.15, 0.2) is 52.3 Å². The second-order valence-electron chi connectivity index (χ2n) is 3.98. The van der Waals surface area contributed by atoms with E-state index in [0.717, 1.165) is 27.0 Å². The normalized spacial score (nSPS) is 13.3. The van der Waals surface area contributed by atoms with E-state index in [1.165, 1.54) is 0 Å². The van der Waals surface area contributed by atoms with E-state index in [4.69, 9.17) is 15.2 Å². The minimum Gasteiger partial charge on any atom is -0.486 e. The van der Waals surface area contributed by atoms with Crippen LogP contribution in [0, 0.1) is 0 Å². The van der Waals surface area contributed by atoms with Crippen molar-refractivity contribution in [1.82, 2.24) is 0 Å². The molecular formula is C14H13NO2S. The third kappa shape index (κ3) is 2.38. The van der Waals surface area contributed by atoms with Crippen LogP contribution in [0.2, 0.25) is 0 Å². The smallest absolute Gasteiger partial charge is 0.162 e. The predicted molar refractivity (Wildman–Crippen MR) is 72.4 cm³/mol. The Morgan fingerprint density at radius 1 is 0.889 bits per heavy atom. The molecule has 3 nitrogen and oxygen atoms in total. The minimum absolute atomic E-state index is 0.611.